The van der Waals surface area contributed by atoms with Crippen molar-refractivity contribution in [3.8, 4) is 0 Å². The van der Waals surface area contributed by atoms with Crippen LogP contribution in [0.4, 0.5) is 5.69 Å². The summed E-state index contributed by atoms with van der Waals surface area (Å²) in [4.78, 5) is 4.55. The Morgan fingerprint density at radius 3 is 2.41 bits per heavy atom. The first-order valence-electron chi connectivity index (χ1n) is 7.31. The van der Waals surface area contributed by atoms with E-state index in [2.05, 4.69) is 48.6 Å². The Hall–Kier alpha value is -0.470. The van der Waals surface area contributed by atoms with E-state index in [0.29, 0.717) is 5.96 Å². The van der Waals surface area contributed by atoms with Gasteiger partial charge in [0.25, 0.3) is 0 Å². The third kappa shape index (κ3) is 5.62. The van der Waals surface area contributed by atoms with Gasteiger partial charge in [0.05, 0.1) is 6.54 Å². The SMILES string of the molecule is CSC1(CN=C(N)Nc2cc(C)cc(C)c2)CCOCC1.I. The van der Waals surface area contributed by atoms with Crippen LogP contribution in [0, 0.1) is 13.8 Å². The van der Waals surface area contributed by atoms with Gasteiger partial charge in [0.2, 0.25) is 0 Å². The smallest absolute Gasteiger partial charge is 0.193 e. The van der Waals surface area contributed by atoms with Crippen LogP contribution in [0.5, 0.6) is 0 Å². The number of nitrogens with two attached hydrogens (primary N) is 1. The van der Waals surface area contributed by atoms with Crippen LogP contribution >= 0.6 is 35.7 Å². The van der Waals surface area contributed by atoms with Gasteiger partial charge in [-0.15, -0.1) is 24.0 Å². The highest BCUT2D eigenvalue weighted by Crippen LogP contribution is 2.33. The van der Waals surface area contributed by atoms with Crippen molar-refractivity contribution in [1.29, 1.82) is 0 Å². The van der Waals surface area contributed by atoms with E-state index >= 15 is 0 Å². The summed E-state index contributed by atoms with van der Waals surface area (Å²) in [6.45, 7) is 6.54. The molecule has 1 aromatic carbocycles. The molecule has 1 aliphatic heterocycles. The van der Waals surface area contributed by atoms with Crippen LogP contribution in [0.2, 0.25) is 0 Å². The summed E-state index contributed by atoms with van der Waals surface area (Å²) >= 11 is 1.88. The first-order chi connectivity index (χ1) is 10.0. The number of guanidine groups is 1. The van der Waals surface area contributed by atoms with Crippen LogP contribution in [0.15, 0.2) is 23.2 Å². The predicted octanol–water partition coefficient (Wildman–Crippen LogP) is 3.56. The third-order valence-corrected chi connectivity index (χ3v) is 5.27. The summed E-state index contributed by atoms with van der Waals surface area (Å²) in [5.74, 6) is 0.486. The number of ether oxygens (including phenoxy) is 1. The van der Waals surface area contributed by atoms with Crippen molar-refractivity contribution in [2.24, 2.45) is 10.7 Å². The number of benzene rings is 1. The molecular formula is C16H26IN3OS. The van der Waals surface area contributed by atoms with Crippen LogP contribution in [0.3, 0.4) is 0 Å². The van der Waals surface area contributed by atoms with Crippen molar-refractivity contribution < 1.29 is 4.74 Å². The topological polar surface area (TPSA) is 59.6 Å². The van der Waals surface area contributed by atoms with Gasteiger partial charge in [0.15, 0.2) is 5.96 Å². The Kier molecular flexibility index (Phi) is 7.99. The van der Waals surface area contributed by atoms with Gasteiger partial charge in [0.1, 0.15) is 0 Å². The lowest BCUT2D eigenvalue weighted by Crippen LogP contribution is -2.37. The second-order valence-corrected chi connectivity index (χ2v) is 6.98. The second kappa shape index (κ2) is 8.98. The Labute approximate surface area is 154 Å². The Balaban J connectivity index is 0.00000242. The molecule has 4 nitrogen and oxygen atoms in total. The highest BCUT2D eigenvalue weighted by molar-refractivity contribution is 14.0. The molecule has 22 heavy (non-hydrogen) atoms. The highest BCUT2D eigenvalue weighted by Gasteiger charge is 2.31. The van der Waals surface area contributed by atoms with Gasteiger partial charge < -0.3 is 15.8 Å². The first-order valence-corrected chi connectivity index (χ1v) is 8.54. The van der Waals surface area contributed by atoms with E-state index in [4.69, 9.17) is 10.5 Å². The van der Waals surface area contributed by atoms with Crippen molar-refractivity contribution >= 4 is 47.4 Å². The molecule has 0 spiro atoms. The zero-order valence-corrected chi connectivity index (χ0v) is 16.7. The fourth-order valence-corrected chi connectivity index (χ4v) is 3.40. The Bertz CT molecular complexity index is 496. The van der Waals surface area contributed by atoms with E-state index in [1.807, 2.05) is 11.8 Å². The van der Waals surface area contributed by atoms with Crippen molar-refractivity contribution in [3.05, 3.63) is 29.3 Å². The standard InChI is InChI=1S/C16H25N3OS.HI/c1-12-8-13(2)10-14(9-12)19-15(17)18-11-16(21-3)4-6-20-7-5-16;/h8-10H,4-7,11H2,1-3H3,(H3,17,18,19);1H. The number of anilines is 1. The molecule has 0 atom stereocenters. The average molecular weight is 435 g/mol. The quantitative estimate of drug-likeness (QED) is 0.432. The molecule has 0 amide bonds. The molecule has 0 saturated carbocycles. The molecular weight excluding hydrogens is 409 g/mol. The number of rotatable bonds is 4. The maximum atomic E-state index is 6.04. The van der Waals surface area contributed by atoms with Gasteiger partial charge in [-0.05, 0) is 56.2 Å². The normalized spacial score (nSPS) is 17.7. The van der Waals surface area contributed by atoms with Gasteiger partial charge in [-0.1, -0.05) is 6.07 Å². The number of thioether (sulfide) groups is 1. The molecule has 0 aliphatic carbocycles. The van der Waals surface area contributed by atoms with Gasteiger partial charge in [-0.3, -0.25) is 4.99 Å². The van der Waals surface area contributed by atoms with E-state index in [1.54, 1.807) is 0 Å². The van der Waals surface area contributed by atoms with E-state index in [-0.39, 0.29) is 28.7 Å². The van der Waals surface area contributed by atoms with Gasteiger partial charge in [0, 0.05) is 23.6 Å². The van der Waals surface area contributed by atoms with Crippen LogP contribution in [0.25, 0.3) is 0 Å². The molecule has 124 valence electrons. The minimum Gasteiger partial charge on any atom is -0.381 e. The van der Waals surface area contributed by atoms with Crippen LogP contribution < -0.4 is 11.1 Å². The number of aliphatic imine (C=N–C) groups is 1. The number of nitrogens with one attached hydrogen (secondary N) is 1. The van der Waals surface area contributed by atoms with E-state index in [9.17, 15) is 0 Å². The maximum absolute atomic E-state index is 6.04. The van der Waals surface area contributed by atoms with Crippen molar-refractivity contribution in [2.45, 2.75) is 31.4 Å². The highest BCUT2D eigenvalue weighted by atomic mass is 127. The zero-order valence-electron chi connectivity index (χ0n) is 13.5. The fourth-order valence-electron chi connectivity index (χ4n) is 2.63. The van der Waals surface area contributed by atoms with E-state index in [0.717, 1.165) is 38.3 Å². The summed E-state index contributed by atoms with van der Waals surface area (Å²) in [7, 11) is 0. The number of nitrogens with zero attached hydrogens (tertiary/aromatic N) is 1. The van der Waals surface area contributed by atoms with Gasteiger partial charge in [-0.25, -0.2) is 0 Å². The number of hydrogen-bond donors (Lipinski definition) is 2. The molecule has 6 heteroatoms. The molecule has 0 radical (unpaired) electrons. The molecule has 1 aromatic rings. The lowest BCUT2D eigenvalue weighted by atomic mass is 9.99. The molecule has 3 N–H and O–H groups in total. The van der Waals surface area contributed by atoms with E-state index < -0.39 is 0 Å². The maximum Gasteiger partial charge on any atom is 0.193 e. The zero-order chi connectivity index (χ0) is 15.3. The summed E-state index contributed by atoms with van der Waals surface area (Å²) in [5.41, 5.74) is 9.47. The molecule has 0 bridgehead atoms. The molecule has 2 rings (SSSR count). The summed E-state index contributed by atoms with van der Waals surface area (Å²) in [5, 5.41) is 3.19. The van der Waals surface area contributed by atoms with Crippen molar-refractivity contribution in [3.63, 3.8) is 0 Å². The number of aryl methyl sites for hydroxylation is 2. The lowest BCUT2D eigenvalue weighted by Gasteiger charge is -2.34. The van der Waals surface area contributed by atoms with Crippen LogP contribution in [-0.2, 0) is 4.74 Å². The van der Waals surface area contributed by atoms with Crippen molar-refractivity contribution in [1.82, 2.24) is 0 Å². The molecule has 0 aromatic heterocycles. The second-order valence-electron chi connectivity index (χ2n) is 5.70. The van der Waals surface area contributed by atoms with Crippen molar-refractivity contribution in [2.75, 3.05) is 31.3 Å². The summed E-state index contributed by atoms with van der Waals surface area (Å²) in [6, 6.07) is 6.30. The Morgan fingerprint density at radius 2 is 1.86 bits per heavy atom. The lowest BCUT2D eigenvalue weighted by molar-refractivity contribution is 0.0794. The van der Waals surface area contributed by atoms with Gasteiger partial charge in [-0.2, -0.15) is 11.8 Å². The molecule has 1 saturated heterocycles. The predicted molar refractivity (Wildman–Crippen MR) is 108 cm³/mol. The molecule has 0 unspecified atom stereocenters. The van der Waals surface area contributed by atoms with E-state index in [1.165, 1.54) is 11.1 Å². The molecule has 1 fully saturated rings. The minimum atomic E-state index is 0. The summed E-state index contributed by atoms with van der Waals surface area (Å²) in [6.07, 6.45) is 4.22. The number of hydrogen-bond acceptors (Lipinski definition) is 3. The molecule has 1 aliphatic rings. The minimum absolute atomic E-state index is 0. The average Bonchev–Trinajstić information content (AvgIpc) is 2.45. The molecule has 1 heterocycles. The monoisotopic (exact) mass is 435 g/mol. The number of halogens is 1. The first kappa shape index (κ1) is 19.6. The fraction of sp³-hybridized carbons (Fsp3) is 0.562. The Morgan fingerprint density at radius 1 is 1.27 bits per heavy atom. The van der Waals surface area contributed by atoms with Gasteiger partial charge >= 0.3 is 0 Å². The van der Waals surface area contributed by atoms with Crippen LogP contribution in [0.1, 0.15) is 24.0 Å². The summed E-state index contributed by atoms with van der Waals surface area (Å²) < 4.78 is 5.62. The van der Waals surface area contributed by atoms with Crippen LogP contribution in [-0.4, -0.2) is 36.7 Å². The third-order valence-electron chi connectivity index (χ3n) is 3.87. The largest absolute Gasteiger partial charge is 0.381 e.